The number of allylic oxidation sites excluding steroid dienone is 3. The van der Waals surface area contributed by atoms with Gasteiger partial charge in [0.2, 0.25) is 0 Å². The van der Waals surface area contributed by atoms with Crippen LogP contribution in [0.1, 0.15) is 35.5 Å². The maximum atomic E-state index is 11.4. The summed E-state index contributed by atoms with van der Waals surface area (Å²) < 4.78 is 0. The standard InChI is InChI=1S/C22H20ClN3O/c1-14-12-26-13-17(8-16-6-7-21(15(2)27)24-11-16)9-20(22(26)25-14)18-4-3-5-19(23)10-18/h3-7,9-13,22,25H,8H2,1-2H3. The Kier molecular flexibility index (Phi) is 4.58. The minimum atomic E-state index is -0.0202. The fourth-order valence-corrected chi connectivity index (χ4v) is 3.65. The van der Waals surface area contributed by atoms with Crippen molar-refractivity contribution in [1.82, 2.24) is 15.2 Å². The number of Topliss-reactive ketones (excluding diaryl/α,β-unsaturated/α-hetero) is 1. The highest BCUT2D eigenvalue weighted by Gasteiger charge is 2.28. The molecule has 0 bridgehead atoms. The second-order valence-corrected chi connectivity index (χ2v) is 7.34. The molecule has 0 fully saturated rings. The van der Waals surface area contributed by atoms with Gasteiger partial charge in [-0.1, -0.05) is 29.8 Å². The number of rotatable bonds is 4. The van der Waals surface area contributed by atoms with Crippen LogP contribution < -0.4 is 5.32 Å². The summed E-state index contributed by atoms with van der Waals surface area (Å²) >= 11 is 6.22. The molecule has 136 valence electrons. The van der Waals surface area contributed by atoms with Gasteiger partial charge < -0.3 is 10.2 Å². The van der Waals surface area contributed by atoms with Crippen LogP contribution in [-0.4, -0.2) is 21.8 Å². The van der Waals surface area contributed by atoms with E-state index in [9.17, 15) is 4.79 Å². The summed E-state index contributed by atoms with van der Waals surface area (Å²) in [5.41, 5.74) is 6.14. The Bertz CT molecular complexity index is 989. The Hall–Kier alpha value is -2.85. The van der Waals surface area contributed by atoms with Gasteiger partial charge in [-0.15, -0.1) is 0 Å². The third-order valence-corrected chi connectivity index (χ3v) is 4.94. The van der Waals surface area contributed by atoms with Crippen LogP contribution in [-0.2, 0) is 6.42 Å². The van der Waals surface area contributed by atoms with E-state index in [1.807, 2.05) is 24.3 Å². The monoisotopic (exact) mass is 377 g/mol. The van der Waals surface area contributed by atoms with Crippen LogP contribution in [0.4, 0.5) is 0 Å². The van der Waals surface area contributed by atoms with Crippen molar-refractivity contribution in [2.45, 2.75) is 26.4 Å². The second-order valence-electron chi connectivity index (χ2n) is 6.90. The molecule has 5 heteroatoms. The third kappa shape index (κ3) is 3.67. The first-order valence-electron chi connectivity index (χ1n) is 8.86. The number of halogens is 1. The average molecular weight is 378 g/mol. The molecule has 4 nitrogen and oxygen atoms in total. The highest BCUT2D eigenvalue weighted by Crippen LogP contribution is 2.33. The predicted molar refractivity (Wildman–Crippen MR) is 108 cm³/mol. The van der Waals surface area contributed by atoms with Crippen LogP contribution in [0.15, 0.2) is 72.3 Å². The molecule has 0 saturated heterocycles. The number of nitrogens with one attached hydrogen (secondary N) is 1. The van der Waals surface area contributed by atoms with Gasteiger partial charge >= 0.3 is 0 Å². The van der Waals surface area contributed by atoms with Gasteiger partial charge in [-0.05, 0) is 47.9 Å². The quantitative estimate of drug-likeness (QED) is 0.794. The van der Waals surface area contributed by atoms with Gasteiger partial charge in [-0.2, -0.15) is 0 Å². The number of ketones is 1. The molecular weight excluding hydrogens is 358 g/mol. The van der Waals surface area contributed by atoms with Crippen molar-refractivity contribution in [3.05, 3.63) is 94.2 Å². The fraction of sp³-hybridized carbons (Fsp3) is 0.182. The van der Waals surface area contributed by atoms with E-state index in [0.717, 1.165) is 28.3 Å². The third-order valence-electron chi connectivity index (χ3n) is 4.71. The predicted octanol–water partition coefficient (Wildman–Crippen LogP) is 4.55. The SMILES string of the molecule is CC(=O)c1ccc(CC2=CN3C=C(C)NC3C(c3cccc(Cl)c3)=C2)cn1. The highest BCUT2D eigenvalue weighted by atomic mass is 35.5. The molecule has 1 atom stereocenters. The zero-order chi connectivity index (χ0) is 19.0. The summed E-state index contributed by atoms with van der Waals surface area (Å²) in [6.45, 7) is 3.59. The zero-order valence-electron chi connectivity index (χ0n) is 15.2. The molecule has 0 aliphatic carbocycles. The Morgan fingerprint density at radius 3 is 2.81 bits per heavy atom. The lowest BCUT2D eigenvalue weighted by molar-refractivity contribution is 0.101. The number of carbonyl (C=O) groups is 1. The van der Waals surface area contributed by atoms with Gasteiger partial charge in [0.15, 0.2) is 5.78 Å². The Morgan fingerprint density at radius 1 is 1.26 bits per heavy atom. The largest absolute Gasteiger partial charge is 0.364 e. The first kappa shape index (κ1) is 17.6. The van der Waals surface area contributed by atoms with Gasteiger partial charge in [-0.3, -0.25) is 9.78 Å². The van der Waals surface area contributed by atoms with E-state index in [2.05, 4.69) is 46.7 Å². The molecule has 1 unspecified atom stereocenters. The summed E-state index contributed by atoms with van der Waals surface area (Å²) in [6, 6.07) is 11.7. The molecule has 1 N–H and O–H groups in total. The molecule has 1 aromatic carbocycles. The lowest BCUT2D eigenvalue weighted by Crippen LogP contribution is -2.36. The number of aromatic nitrogens is 1. The Labute approximate surface area is 163 Å². The Balaban J connectivity index is 1.66. The van der Waals surface area contributed by atoms with E-state index < -0.39 is 0 Å². The van der Waals surface area contributed by atoms with Crippen LogP contribution in [0.5, 0.6) is 0 Å². The van der Waals surface area contributed by atoms with Gasteiger partial charge in [0.05, 0.1) is 0 Å². The smallest absolute Gasteiger partial charge is 0.178 e. The van der Waals surface area contributed by atoms with Gasteiger partial charge in [-0.25, -0.2) is 0 Å². The summed E-state index contributed by atoms with van der Waals surface area (Å²) in [7, 11) is 0. The maximum Gasteiger partial charge on any atom is 0.178 e. The van der Waals surface area contributed by atoms with Gasteiger partial charge in [0, 0.05) is 48.2 Å². The van der Waals surface area contributed by atoms with E-state index in [1.54, 1.807) is 12.3 Å². The molecule has 0 saturated carbocycles. The van der Waals surface area contributed by atoms with Crippen LogP contribution in [0.25, 0.3) is 5.57 Å². The molecular formula is C22H20ClN3O. The fourth-order valence-electron chi connectivity index (χ4n) is 3.46. The minimum absolute atomic E-state index is 0.0202. The van der Waals surface area contributed by atoms with Crippen molar-refractivity contribution < 1.29 is 4.79 Å². The molecule has 4 rings (SSSR count). The Morgan fingerprint density at radius 2 is 2.11 bits per heavy atom. The molecule has 1 aromatic heterocycles. The van der Waals surface area contributed by atoms with E-state index in [-0.39, 0.29) is 11.9 Å². The average Bonchev–Trinajstić information content (AvgIpc) is 3.01. The van der Waals surface area contributed by atoms with E-state index in [4.69, 9.17) is 11.6 Å². The topological polar surface area (TPSA) is 45.2 Å². The van der Waals surface area contributed by atoms with Crippen LogP contribution in [0, 0.1) is 0 Å². The number of benzene rings is 1. The summed E-state index contributed by atoms with van der Waals surface area (Å²) in [4.78, 5) is 17.9. The van der Waals surface area contributed by atoms with Crippen molar-refractivity contribution in [3.8, 4) is 0 Å². The van der Waals surface area contributed by atoms with Crippen LogP contribution in [0.2, 0.25) is 5.02 Å². The molecule has 3 heterocycles. The molecule has 2 aliphatic heterocycles. The number of pyridine rings is 1. The van der Waals surface area contributed by atoms with Crippen LogP contribution in [0.3, 0.4) is 0 Å². The first-order valence-corrected chi connectivity index (χ1v) is 9.24. The molecule has 0 radical (unpaired) electrons. The van der Waals surface area contributed by atoms with Gasteiger partial charge in [0.25, 0.3) is 0 Å². The van der Waals surface area contributed by atoms with Crippen molar-refractivity contribution in [2.75, 3.05) is 0 Å². The molecule has 2 aliphatic rings. The molecule has 27 heavy (non-hydrogen) atoms. The number of nitrogens with zero attached hydrogens (tertiary/aromatic N) is 2. The number of fused-ring (bicyclic) bond motifs is 1. The number of hydrogen-bond donors (Lipinski definition) is 1. The van der Waals surface area contributed by atoms with Crippen molar-refractivity contribution in [2.24, 2.45) is 0 Å². The summed E-state index contributed by atoms with van der Waals surface area (Å²) in [5, 5.41) is 4.23. The van der Waals surface area contributed by atoms with Crippen molar-refractivity contribution >= 4 is 23.0 Å². The van der Waals surface area contributed by atoms with Crippen molar-refractivity contribution in [3.63, 3.8) is 0 Å². The van der Waals surface area contributed by atoms with E-state index in [1.165, 1.54) is 18.1 Å². The highest BCUT2D eigenvalue weighted by molar-refractivity contribution is 6.30. The lowest BCUT2D eigenvalue weighted by Gasteiger charge is -2.30. The number of carbonyl (C=O) groups excluding carboxylic acids is 1. The molecule has 0 amide bonds. The first-order chi connectivity index (χ1) is 13.0. The molecule has 2 aromatic rings. The second kappa shape index (κ2) is 7.05. The van der Waals surface area contributed by atoms with E-state index >= 15 is 0 Å². The molecule has 0 spiro atoms. The summed E-state index contributed by atoms with van der Waals surface area (Å²) in [5.74, 6) is -0.0202. The minimum Gasteiger partial charge on any atom is -0.364 e. The summed E-state index contributed by atoms with van der Waals surface area (Å²) in [6.07, 6.45) is 9.07. The normalized spacial score (nSPS) is 18.3. The van der Waals surface area contributed by atoms with Crippen LogP contribution >= 0.6 is 11.6 Å². The maximum absolute atomic E-state index is 11.4. The van der Waals surface area contributed by atoms with E-state index in [0.29, 0.717) is 5.69 Å². The lowest BCUT2D eigenvalue weighted by atomic mass is 9.95. The zero-order valence-corrected chi connectivity index (χ0v) is 16.0. The number of hydrogen-bond acceptors (Lipinski definition) is 4. The van der Waals surface area contributed by atoms with Gasteiger partial charge in [0.1, 0.15) is 11.9 Å². The van der Waals surface area contributed by atoms with Crippen molar-refractivity contribution in [1.29, 1.82) is 0 Å².